The van der Waals surface area contributed by atoms with E-state index in [0.29, 0.717) is 0 Å². The van der Waals surface area contributed by atoms with Gasteiger partial charge in [0.15, 0.2) is 0 Å². The number of aliphatic carboxylic acids is 1. The van der Waals surface area contributed by atoms with Crippen LogP contribution in [0.2, 0.25) is 0 Å². The Kier molecular flexibility index (Phi) is 5.11. The van der Waals surface area contributed by atoms with Crippen molar-refractivity contribution in [3.05, 3.63) is 34.3 Å². The minimum atomic E-state index is -0.923. The first-order chi connectivity index (χ1) is 8.73. The van der Waals surface area contributed by atoms with Crippen molar-refractivity contribution in [3.8, 4) is 0 Å². The molecule has 1 rings (SSSR count). The third kappa shape index (κ3) is 4.35. The number of carboxylic acid groups (broad SMARTS) is 1. The molecular weight excluding hydrogens is 310 g/mol. The highest BCUT2D eigenvalue weighted by molar-refractivity contribution is 9.10. The third-order valence-electron chi connectivity index (χ3n) is 2.97. The van der Waals surface area contributed by atoms with Gasteiger partial charge in [0.1, 0.15) is 0 Å². The molecule has 0 fully saturated rings. The fraction of sp³-hybridized carbons (Fsp3) is 0.429. The van der Waals surface area contributed by atoms with E-state index in [1.165, 1.54) is 0 Å². The van der Waals surface area contributed by atoms with Crippen LogP contribution >= 0.6 is 15.9 Å². The Morgan fingerprint density at radius 3 is 2.58 bits per heavy atom. The summed E-state index contributed by atoms with van der Waals surface area (Å²) < 4.78 is 0.907. The number of nitrogens with one attached hydrogen (secondary N) is 1. The normalized spacial score (nSPS) is 12.8. The number of carbonyl (C=O) groups is 2. The number of rotatable bonds is 5. The van der Waals surface area contributed by atoms with Crippen LogP contribution in [0.25, 0.3) is 0 Å². The number of hydrogen-bond donors (Lipinski definition) is 2. The first-order valence-corrected chi connectivity index (χ1v) is 6.81. The molecule has 104 valence electrons. The zero-order chi connectivity index (χ0) is 14.6. The SMILES string of the molecule is CC(CC(=O)O)NC(=O)C(C)(C)c1cccc(Br)c1. The van der Waals surface area contributed by atoms with Gasteiger partial charge in [-0.15, -0.1) is 0 Å². The minimum absolute atomic E-state index is 0.0830. The van der Waals surface area contributed by atoms with Crippen molar-refractivity contribution < 1.29 is 14.7 Å². The molecule has 0 aliphatic heterocycles. The predicted octanol–water partition coefficient (Wildman–Crippen LogP) is 2.71. The van der Waals surface area contributed by atoms with E-state index in [0.717, 1.165) is 10.0 Å². The van der Waals surface area contributed by atoms with Gasteiger partial charge in [0, 0.05) is 10.5 Å². The Labute approximate surface area is 121 Å². The molecule has 0 saturated heterocycles. The standard InChI is InChI=1S/C14H18BrNO3/c1-9(7-12(17)18)16-13(19)14(2,3)10-5-4-6-11(15)8-10/h4-6,8-9H,7H2,1-3H3,(H,16,19)(H,17,18). The average molecular weight is 328 g/mol. The lowest BCUT2D eigenvalue weighted by atomic mass is 9.83. The van der Waals surface area contributed by atoms with Crippen molar-refractivity contribution in [3.63, 3.8) is 0 Å². The molecule has 0 aliphatic rings. The Hall–Kier alpha value is -1.36. The highest BCUT2D eigenvalue weighted by atomic mass is 79.9. The van der Waals surface area contributed by atoms with E-state index in [4.69, 9.17) is 5.11 Å². The van der Waals surface area contributed by atoms with Gasteiger partial charge in [-0.3, -0.25) is 9.59 Å². The molecule has 0 radical (unpaired) electrons. The van der Waals surface area contributed by atoms with Gasteiger partial charge in [0.25, 0.3) is 0 Å². The maximum atomic E-state index is 12.2. The molecule has 1 aromatic rings. The lowest BCUT2D eigenvalue weighted by Gasteiger charge is -2.26. The highest BCUT2D eigenvalue weighted by Gasteiger charge is 2.30. The number of benzene rings is 1. The van der Waals surface area contributed by atoms with Crippen LogP contribution in [-0.2, 0) is 15.0 Å². The predicted molar refractivity (Wildman–Crippen MR) is 77.0 cm³/mol. The number of hydrogen-bond acceptors (Lipinski definition) is 2. The quantitative estimate of drug-likeness (QED) is 0.873. The van der Waals surface area contributed by atoms with Crippen molar-refractivity contribution in [2.75, 3.05) is 0 Å². The molecule has 0 heterocycles. The number of carboxylic acids is 1. The van der Waals surface area contributed by atoms with Gasteiger partial charge in [-0.1, -0.05) is 28.1 Å². The first-order valence-electron chi connectivity index (χ1n) is 6.02. The van der Waals surface area contributed by atoms with E-state index in [-0.39, 0.29) is 12.3 Å². The second-order valence-corrected chi connectivity index (χ2v) is 6.02. The number of halogens is 1. The fourth-order valence-corrected chi connectivity index (χ4v) is 2.12. The molecule has 1 aromatic carbocycles. The molecule has 1 atom stereocenters. The van der Waals surface area contributed by atoms with Crippen LogP contribution in [0, 0.1) is 0 Å². The summed E-state index contributed by atoms with van der Waals surface area (Å²) in [5.74, 6) is -1.10. The van der Waals surface area contributed by atoms with Crippen molar-refractivity contribution in [1.29, 1.82) is 0 Å². The monoisotopic (exact) mass is 327 g/mol. The van der Waals surface area contributed by atoms with Gasteiger partial charge < -0.3 is 10.4 Å². The summed E-state index contributed by atoms with van der Waals surface area (Å²) in [6, 6.07) is 7.14. The summed E-state index contributed by atoms with van der Waals surface area (Å²) in [5, 5.41) is 11.4. The van der Waals surface area contributed by atoms with E-state index in [2.05, 4.69) is 21.2 Å². The second-order valence-electron chi connectivity index (χ2n) is 5.11. The summed E-state index contributed by atoms with van der Waals surface area (Å²) in [4.78, 5) is 22.8. The molecule has 0 aliphatic carbocycles. The zero-order valence-corrected chi connectivity index (χ0v) is 12.8. The molecule has 0 saturated carbocycles. The average Bonchev–Trinajstić information content (AvgIpc) is 2.27. The lowest BCUT2D eigenvalue weighted by molar-refractivity contribution is -0.137. The summed E-state index contributed by atoms with van der Waals surface area (Å²) in [6.07, 6.45) is -0.0830. The molecule has 0 spiro atoms. The van der Waals surface area contributed by atoms with E-state index in [1.807, 2.05) is 38.1 Å². The Morgan fingerprint density at radius 1 is 1.42 bits per heavy atom. The van der Waals surface area contributed by atoms with E-state index in [1.54, 1.807) is 6.92 Å². The topological polar surface area (TPSA) is 66.4 Å². The zero-order valence-electron chi connectivity index (χ0n) is 11.2. The first kappa shape index (κ1) is 15.7. The Bertz CT molecular complexity index is 485. The van der Waals surface area contributed by atoms with Crippen molar-refractivity contribution in [1.82, 2.24) is 5.32 Å². The minimum Gasteiger partial charge on any atom is -0.481 e. The van der Waals surface area contributed by atoms with Gasteiger partial charge in [0.2, 0.25) is 5.91 Å². The lowest BCUT2D eigenvalue weighted by Crippen LogP contribution is -2.44. The summed E-state index contributed by atoms with van der Waals surface area (Å²) in [7, 11) is 0. The molecular formula is C14H18BrNO3. The maximum absolute atomic E-state index is 12.2. The van der Waals surface area contributed by atoms with Crippen LogP contribution in [0.15, 0.2) is 28.7 Å². The van der Waals surface area contributed by atoms with Gasteiger partial charge in [-0.05, 0) is 38.5 Å². The molecule has 4 nitrogen and oxygen atoms in total. The fourth-order valence-electron chi connectivity index (χ4n) is 1.73. The molecule has 0 bridgehead atoms. The van der Waals surface area contributed by atoms with Crippen LogP contribution < -0.4 is 5.32 Å². The smallest absolute Gasteiger partial charge is 0.305 e. The molecule has 1 unspecified atom stereocenters. The van der Waals surface area contributed by atoms with E-state index >= 15 is 0 Å². The van der Waals surface area contributed by atoms with Crippen molar-refractivity contribution in [2.45, 2.75) is 38.6 Å². The highest BCUT2D eigenvalue weighted by Crippen LogP contribution is 2.26. The van der Waals surface area contributed by atoms with Crippen LogP contribution in [0.3, 0.4) is 0 Å². The number of amides is 1. The van der Waals surface area contributed by atoms with Crippen molar-refractivity contribution >= 4 is 27.8 Å². The molecule has 1 amide bonds. The number of carbonyl (C=O) groups excluding carboxylic acids is 1. The van der Waals surface area contributed by atoms with Crippen LogP contribution in [0.4, 0.5) is 0 Å². The summed E-state index contributed by atoms with van der Waals surface area (Å²) in [6.45, 7) is 5.32. The van der Waals surface area contributed by atoms with Gasteiger partial charge in [0.05, 0.1) is 11.8 Å². The van der Waals surface area contributed by atoms with Crippen LogP contribution in [-0.4, -0.2) is 23.0 Å². The second kappa shape index (κ2) is 6.19. The molecule has 19 heavy (non-hydrogen) atoms. The van der Waals surface area contributed by atoms with E-state index < -0.39 is 17.4 Å². The summed E-state index contributed by atoms with van der Waals surface area (Å²) >= 11 is 3.38. The molecule has 0 aromatic heterocycles. The summed E-state index contributed by atoms with van der Waals surface area (Å²) in [5.41, 5.74) is 0.165. The largest absolute Gasteiger partial charge is 0.481 e. The molecule has 2 N–H and O–H groups in total. The third-order valence-corrected chi connectivity index (χ3v) is 3.47. The van der Waals surface area contributed by atoms with Gasteiger partial charge in [-0.25, -0.2) is 0 Å². The van der Waals surface area contributed by atoms with Gasteiger partial charge >= 0.3 is 5.97 Å². The van der Waals surface area contributed by atoms with E-state index in [9.17, 15) is 9.59 Å². The van der Waals surface area contributed by atoms with Crippen molar-refractivity contribution in [2.24, 2.45) is 0 Å². The van der Waals surface area contributed by atoms with Crippen LogP contribution in [0.1, 0.15) is 32.8 Å². The maximum Gasteiger partial charge on any atom is 0.305 e. The Morgan fingerprint density at radius 2 is 2.05 bits per heavy atom. The van der Waals surface area contributed by atoms with Crippen LogP contribution in [0.5, 0.6) is 0 Å². The van der Waals surface area contributed by atoms with Gasteiger partial charge in [-0.2, -0.15) is 0 Å². The molecule has 5 heteroatoms. The Balaban J connectivity index is 2.82.